The molecule has 4 nitrogen and oxygen atoms in total. The van der Waals surface area contributed by atoms with E-state index in [9.17, 15) is 4.79 Å². The van der Waals surface area contributed by atoms with Crippen molar-refractivity contribution in [2.75, 3.05) is 12.0 Å². The standard InChI is InChI=1S/C24H24N2O2S/c1-28-18-13-11-16(12-14-18)15-26-22(17-7-3-2-4-8-17)25-23(27)21-19-9-5-6-10-20(19)29-24(21)26/h2-4,7-8,11-14,22H,5-6,9-10,15H2,1H3,(H,25,27). The number of hydrogen-bond donors (Lipinski definition) is 1. The van der Waals surface area contributed by atoms with Gasteiger partial charge in [0.05, 0.1) is 12.7 Å². The zero-order valence-electron chi connectivity index (χ0n) is 16.5. The number of anilines is 1. The van der Waals surface area contributed by atoms with Crippen molar-refractivity contribution < 1.29 is 9.53 Å². The largest absolute Gasteiger partial charge is 0.497 e. The van der Waals surface area contributed by atoms with Gasteiger partial charge in [-0.05, 0) is 54.5 Å². The van der Waals surface area contributed by atoms with Crippen LogP contribution in [-0.4, -0.2) is 13.0 Å². The van der Waals surface area contributed by atoms with E-state index >= 15 is 0 Å². The zero-order valence-corrected chi connectivity index (χ0v) is 17.3. The van der Waals surface area contributed by atoms with Crippen LogP contribution in [0.2, 0.25) is 0 Å². The third-order valence-electron chi connectivity index (χ3n) is 5.85. The number of thiophene rings is 1. The van der Waals surface area contributed by atoms with Crippen molar-refractivity contribution in [2.24, 2.45) is 0 Å². The SMILES string of the molecule is COc1ccc(CN2c3sc4c(c3C(=O)NC2c2ccccc2)CCCC4)cc1. The molecule has 1 atom stereocenters. The van der Waals surface area contributed by atoms with Gasteiger partial charge in [0.25, 0.3) is 5.91 Å². The first kappa shape index (κ1) is 18.3. The average molecular weight is 405 g/mol. The van der Waals surface area contributed by atoms with Crippen LogP contribution in [0, 0.1) is 0 Å². The number of ether oxygens (including phenoxy) is 1. The molecule has 0 radical (unpaired) electrons. The van der Waals surface area contributed by atoms with E-state index < -0.39 is 0 Å². The Morgan fingerprint density at radius 1 is 1.07 bits per heavy atom. The normalized spacial score (nSPS) is 18.0. The molecule has 2 heterocycles. The van der Waals surface area contributed by atoms with E-state index in [0.29, 0.717) is 0 Å². The molecule has 0 saturated carbocycles. The Balaban J connectivity index is 1.59. The van der Waals surface area contributed by atoms with Gasteiger partial charge in [-0.25, -0.2) is 0 Å². The van der Waals surface area contributed by atoms with Crippen molar-refractivity contribution in [3.05, 3.63) is 81.7 Å². The van der Waals surface area contributed by atoms with E-state index in [-0.39, 0.29) is 12.1 Å². The molecule has 1 aromatic heterocycles. The number of amides is 1. The van der Waals surface area contributed by atoms with Crippen LogP contribution in [0.15, 0.2) is 54.6 Å². The van der Waals surface area contributed by atoms with Crippen LogP contribution in [-0.2, 0) is 19.4 Å². The van der Waals surface area contributed by atoms with E-state index in [1.807, 2.05) is 41.7 Å². The number of fused-ring (bicyclic) bond motifs is 3. The van der Waals surface area contributed by atoms with Gasteiger partial charge in [-0.2, -0.15) is 0 Å². The zero-order chi connectivity index (χ0) is 19.8. The summed E-state index contributed by atoms with van der Waals surface area (Å²) < 4.78 is 5.31. The van der Waals surface area contributed by atoms with Gasteiger partial charge in [0.2, 0.25) is 0 Å². The van der Waals surface area contributed by atoms with Crippen molar-refractivity contribution in [1.29, 1.82) is 0 Å². The highest BCUT2D eigenvalue weighted by Crippen LogP contribution is 2.45. The van der Waals surface area contributed by atoms with Crippen LogP contribution in [0.25, 0.3) is 0 Å². The molecule has 148 valence electrons. The van der Waals surface area contributed by atoms with Crippen LogP contribution < -0.4 is 15.0 Å². The van der Waals surface area contributed by atoms with Gasteiger partial charge < -0.3 is 15.0 Å². The molecule has 1 aliphatic carbocycles. The number of benzene rings is 2. The topological polar surface area (TPSA) is 41.6 Å². The predicted octanol–water partition coefficient (Wildman–Crippen LogP) is 5.08. The van der Waals surface area contributed by atoms with Crippen LogP contribution in [0.3, 0.4) is 0 Å². The van der Waals surface area contributed by atoms with E-state index in [1.54, 1.807) is 7.11 Å². The van der Waals surface area contributed by atoms with Crippen molar-refractivity contribution in [2.45, 2.75) is 38.4 Å². The maximum atomic E-state index is 13.1. The summed E-state index contributed by atoms with van der Waals surface area (Å²) >= 11 is 1.82. The highest BCUT2D eigenvalue weighted by molar-refractivity contribution is 7.16. The molecule has 1 N–H and O–H groups in total. The summed E-state index contributed by atoms with van der Waals surface area (Å²) in [6.45, 7) is 0.732. The lowest BCUT2D eigenvalue weighted by atomic mass is 9.94. The van der Waals surface area contributed by atoms with Crippen molar-refractivity contribution in [1.82, 2.24) is 5.32 Å². The molecular formula is C24H24N2O2S. The quantitative estimate of drug-likeness (QED) is 0.659. The van der Waals surface area contributed by atoms with Crippen molar-refractivity contribution >= 4 is 22.2 Å². The minimum absolute atomic E-state index is 0.0687. The first-order valence-electron chi connectivity index (χ1n) is 10.1. The Morgan fingerprint density at radius 3 is 2.59 bits per heavy atom. The maximum Gasteiger partial charge on any atom is 0.256 e. The second kappa shape index (κ2) is 7.56. The Hall–Kier alpha value is -2.79. The third kappa shape index (κ3) is 3.29. The van der Waals surface area contributed by atoms with Gasteiger partial charge in [-0.3, -0.25) is 4.79 Å². The first-order chi connectivity index (χ1) is 14.2. The summed E-state index contributed by atoms with van der Waals surface area (Å²) in [6, 6.07) is 18.4. The molecule has 5 rings (SSSR count). The van der Waals surface area contributed by atoms with Gasteiger partial charge in [0.1, 0.15) is 16.9 Å². The van der Waals surface area contributed by atoms with E-state index in [0.717, 1.165) is 41.3 Å². The third-order valence-corrected chi connectivity index (χ3v) is 7.18. The number of nitrogens with one attached hydrogen (secondary N) is 1. The summed E-state index contributed by atoms with van der Waals surface area (Å²) in [6.07, 6.45) is 4.32. The number of carbonyl (C=O) groups is 1. The summed E-state index contributed by atoms with van der Waals surface area (Å²) in [5.74, 6) is 0.923. The smallest absolute Gasteiger partial charge is 0.256 e. The first-order valence-corrected chi connectivity index (χ1v) is 11.0. The number of methoxy groups -OCH3 is 1. The van der Waals surface area contributed by atoms with Gasteiger partial charge >= 0.3 is 0 Å². The summed E-state index contributed by atoms with van der Waals surface area (Å²) in [4.78, 5) is 16.9. The Morgan fingerprint density at radius 2 is 1.83 bits per heavy atom. The highest BCUT2D eigenvalue weighted by Gasteiger charge is 2.37. The Kier molecular flexibility index (Phi) is 4.76. The fourth-order valence-corrected chi connectivity index (χ4v) is 5.78. The lowest BCUT2D eigenvalue weighted by molar-refractivity contribution is 0.0925. The second-order valence-corrected chi connectivity index (χ2v) is 8.74. The van der Waals surface area contributed by atoms with Crippen LogP contribution in [0.4, 0.5) is 5.00 Å². The van der Waals surface area contributed by atoms with E-state index in [2.05, 4.69) is 34.5 Å². The maximum absolute atomic E-state index is 13.1. The summed E-state index contributed by atoms with van der Waals surface area (Å²) in [5, 5.41) is 4.40. The lowest BCUT2D eigenvalue weighted by Gasteiger charge is -2.38. The molecule has 29 heavy (non-hydrogen) atoms. The van der Waals surface area contributed by atoms with E-state index in [1.165, 1.54) is 28.8 Å². The number of rotatable bonds is 4. The molecule has 2 aromatic carbocycles. The number of carbonyl (C=O) groups excluding carboxylic acids is 1. The van der Waals surface area contributed by atoms with Crippen molar-refractivity contribution in [3.8, 4) is 5.75 Å². The molecule has 0 saturated heterocycles. The molecular weight excluding hydrogens is 380 g/mol. The lowest BCUT2D eigenvalue weighted by Crippen LogP contribution is -2.45. The number of nitrogens with zero attached hydrogens (tertiary/aromatic N) is 1. The molecule has 2 aliphatic rings. The number of aryl methyl sites for hydroxylation is 1. The van der Waals surface area contributed by atoms with Crippen LogP contribution >= 0.6 is 11.3 Å². The van der Waals surface area contributed by atoms with E-state index in [4.69, 9.17) is 4.74 Å². The van der Waals surface area contributed by atoms with Crippen LogP contribution in [0.1, 0.15) is 50.9 Å². The second-order valence-electron chi connectivity index (χ2n) is 7.65. The average Bonchev–Trinajstić information content (AvgIpc) is 3.17. The molecule has 1 amide bonds. The van der Waals surface area contributed by atoms with Gasteiger partial charge in [-0.15, -0.1) is 11.3 Å². The monoisotopic (exact) mass is 404 g/mol. The fraction of sp³-hybridized carbons (Fsp3) is 0.292. The van der Waals surface area contributed by atoms with Gasteiger partial charge in [-0.1, -0.05) is 42.5 Å². The minimum Gasteiger partial charge on any atom is -0.497 e. The summed E-state index contributed by atoms with van der Waals surface area (Å²) in [7, 11) is 1.68. The van der Waals surface area contributed by atoms with Crippen molar-refractivity contribution in [3.63, 3.8) is 0 Å². The molecule has 1 unspecified atom stereocenters. The molecule has 0 bridgehead atoms. The Bertz CT molecular complexity index is 1030. The Labute approximate surface area is 175 Å². The molecule has 5 heteroatoms. The highest BCUT2D eigenvalue weighted by atomic mass is 32.1. The van der Waals surface area contributed by atoms with Gasteiger partial charge in [0.15, 0.2) is 0 Å². The predicted molar refractivity (Wildman–Crippen MR) is 117 cm³/mol. The molecule has 3 aromatic rings. The summed E-state index contributed by atoms with van der Waals surface area (Å²) in [5.41, 5.74) is 4.48. The van der Waals surface area contributed by atoms with Gasteiger partial charge in [0, 0.05) is 11.4 Å². The molecule has 0 fully saturated rings. The fourth-order valence-electron chi connectivity index (χ4n) is 4.37. The molecule has 1 aliphatic heterocycles. The minimum atomic E-state index is -0.168. The molecule has 0 spiro atoms. The number of hydrogen-bond acceptors (Lipinski definition) is 4. The van der Waals surface area contributed by atoms with Crippen LogP contribution in [0.5, 0.6) is 5.75 Å².